The van der Waals surface area contributed by atoms with E-state index in [0.29, 0.717) is 10.2 Å². The van der Waals surface area contributed by atoms with E-state index in [2.05, 4.69) is 25.8 Å². The van der Waals surface area contributed by atoms with Crippen LogP contribution in [0.25, 0.3) is 0 Å². The first-order valence-electron chi connectivity index (χ1n) is 5.92. The molecular weight excluding hydrogens is 285 g/mol. The maximum atomic E-state index is 9.96. The normalized spacial score (nSPS) is 11.9. The summed E-state index contributed by atoms with van der Waals surface area (Å²) in [4.78, 5) is 13.5. The zero-order valence-electron chi connectivity index (χ0n) is 10.5. The van der Waals surface area contributed by atoms with Gasteiger partial charge in [-0.15, -0.1) is 0 Å². The molecule has 0 saturated heterocycles. The molecule has 0 bridgehead atoms. The van der Waals surface area contributed by atoms with E-state index in [1.807, 2.05) is 0 Å². The fourth-order valence-electron chi connectivity index (χ4n) is 1.15. The summed E-state index contributed by atoms with van der Waals surface area (Å²) in [6.07, 6.45) is 4.49. The number of nitrogens with zero attached hydrogens (tertiary/aromatic N) is 1. The standard InChI is InChI=1S/C5H8NO.2C3H7O.Zr/c1-2-3-4-6-5-7;2*1-2-3-4;/h2H,3-4H2,1H3;2*2-3H2,1H3;/q;2*-1;+2. The summed E-state index contributed by atoms with van der Waals surface area (Å²) >= 11 is -2.19. The van der Waals surface area contributed by atoms with Crippen molar-refractivity contribution in [2.45, 2.75) is 43.7 Å². The number of rotatable bonds is 10. The van der Waals surface area contributed by atoms with Gasteiger partial charge in [-0.2, -0.15) is 0 Å². The molecule has 0 aromatic carbocycles. The van der Waals surface area contributed by atoms with Gasteiger partial charge in [-0.05, 0) is 0 Å². The Morgan fingerprint density at radius 3 is 2.25 bits per heavy atom. The van der Waals surface area contributed by atoms with Gasteiger partial charge in [0, 0.05) is 0 Å². The first kappa shape index (κ1) is 16.2. The van der Waals surface area contributed by atoms with Crippen molar-refractivity contribution < 1.29 is 33.1 Å². The van der Waals surface area contributed by atoms with Crippen LogP contribution in [-0.2, 0) is 33.1 Å². The van der Waals surface area contributed by atoms with E-state index in [0.717, 1.165) is 32.5 Å². The predicted molar refractivity (Wildman–Crippen MR) is 59.5 cm³/mol. The van der Waals surface area contributed by atoms with E-state index in [-0.39, 0.29) is 0 Å². The molecule has 1 atom stereocenters. The molecule has 16 heavy (non-hydrogen) atoms. The van der Waals surface area contributed by atoms with Crippen molar-refractivity contribution in [3.8, 4) is 0 Å². The first-order valence-corrected chi connectivity index (χ1v) is 9.34. The second-order valence-electron chi connectivity index (χ2n) is 3.68. The molecule has 0 heterocycles. The van der Waals surface area contributed by atoms with Crippen molar-refractivity contribution in [2.75, 3.05) is 19.8 Å². The van der Waals surface area contributed by atoms with Crippen LogP contribution in [0.2, 0.25) is 3.63 Å². The average molecular weight is 308 g/mol. The van der Waals surface area contributed by atoms with Gasteiger partial charge in [0.1, 0.15) is 0 Å². The topological polar surface area (TPSA) is 47.9 Å². The van der Waals surface area contributed by atoms with E-state index >= 15 is 0 Å². The Kier molecular flexibility index (Phi) is 11.8. The van der Waals surface area contributed by atoms with Gasteiger partial charge >= 0.3 is 108 Å². The molecule has 93 valence electrons. The Morgan fingerprint density at radius 1 is 1.25 bits per heavy atom. The van der Waals surface area contributed by atoms with Crippen LogP contribution in [0.4, 0.5) is 0 Å². The van der Waals surface area contributed by atoms with Crippen molar-refractivity contribution in [1.29, 1.82) is 0 Å². The van der Waals surface area contributed by atoms with Gasteiger partial charge in [-0.3, -0.25) is 0 Å². The third kappa shape index (κ3) is 8.35. The zero-order chi connectivity index (χ0) is 12.2. The maximum absolute atomic E-state index is 9.96. The monoisotopic (exact) mass is 306 g/mol. The summed E-state index contributed by atoms with van der Waals surface area (Å²) in [6, 6.07) is 0. The average Bonchev–Trinajstić information content (AvgIpc) is 2.29. The predicted octanol–water partition coefficient (Wildman–Crippen LogP) is 2.82. The van der Waals surface area contributed by atoms with Crippen LogP contribution in [0.5, 0.6) is 0 Å². The number of hydrogen-bond acceptors (Lipinski definition) is 4. The van der Waals surface area contributed by atoms with Crippen molar-refractivity contribution in [3.05, 3.63) is 0 Å². The van der Waals surface area contributed by atoms with Gasteiger partial charge in [-0.25, -0.2) is 0 Å². The number of aliphatic imine (C=N–C) groups is 1. The first-order chi connectivity index (χ1) is 7.76. The van der Waals surface area contributed by atoms with Crippen LogP contribution in [-0.4, -0.2) is 25.8 Å². The second kappa shape index (κ2) is 11.7. The molecule has 5 heteroatoms. The van der Waals surface area contributed by atoms with Crippen molar-refractivity contribution in [3.63, 3.8) is 0 Å². The van der Waals surface area contributed by atoms with Gasteiger partial charge in [0.15, 0.2) is 0 Å². The van der Waals surface area contributed by atoms with Crippen molar-refractivity contribution in [2.24, 2.45) is 4.99 Å². The second-order valence-corrected chi connectivity index (χ2v) is 9.09. The van der Waals surface area contributed by atoms with Gasteiger partial charge in [-0.1, -0.05) is 0 Å². The molecule has 0 N–H and O–H groups in total. The molecular formula is C11H22NO3Zr. The fraction of sp³-hybridized carbons (Fsp3) is 0.909. The summed E-state index contributed by atoms with van der Waals surface area (Å²) < 4.78 is 12.1. The number of hydrogen-bond donors (Lipinski definition) is 0. The van der Waals surface area contributed by atoms with Crippen LogP contribution in [0.1, 0.15) is 40.0 Å². The summed E-state index contributed by atoms with van der Waals surface area (Å²) in [5, 5.41) is 0. The van der Waals surface area contributed by atoms with E-state index in [4.69, 9.17) is 5.63 Å². The van der Waals surface area contributed by atoms with Crippen molar-refractivity contribution >= 4 is 6.08 Å². The van der Waals surface area contributed by atoms with E-state index in [1.54, 1.807) is 6.08 Å². The Labute approximate surface area is 107 Å². The molecule has 0 aliphatic carbocycles. The Bertz CT molecular complexity index is 199. The molecule has 0 fully saturated rings. The van der Waals surface area contributed by atoms with Crippen LogP contribution in [0.15, 0.2) is 4.99 Å². The van der Waals surface area contributed by atoms with Gasteiger partial charge in [0.25, 0.3) is 0 Å². The molecule has 1 unspecified atom stereocenters. The Morgan fingerprint density at radius 2 is 1.81 bits per heavy atom. The number of carbonyl (C=O) groups excluding carboxylic acids is 1. The molecule has 0 amide bonds. The molecule has 0 rings (SSSR count). The third-order valence-corrected chi connectivity index (χ3v) is 7.13. The minimum atomic E-state index is -2.19. The van der Waals surface area contributed by atoms with Crippen LogP contribution >= 0.6 is 0 Å². The molecule has 0 saturated carbocycles. The van der Waals surface area contributed by atoms with E-state index in [9.17, 15) is 4.79 Å². The van der Waals surface area contributed by atoms with E-state index < -0.39 is 22.6 Å². The van der Waals surface area contributed by atoms with Gasteiger partial charge in [0.05, 0.1) is 0 Å². The summed E-state index contributed by atoms with van der Waals surface area (Å²) in [6.45, 7) is 8.46. The molecule has 0 spiro atoms. The van der Waals surface area contributed by atoms with Gasteiger partial charge < -0.3 is 0 Å². The molecule has 0 aliphatic rings. The molecule has 0 aliphatic heterocycles. The number of isocyanates is 1. The summed E-state index contributed by atoms with van der Waals surface area (Å²) in [7, 11) is 0. The van der Waals surface area contributed by atoms with Crippen LogP contribution in [0.3, 0.4) is 0 Å². The SMILES string of the molecule is CCC[O][Zr]([O]CCC)[CH](C)CCN=C=O. The van der Waals surface area contributed by atoms with Crippen molar-refractivity contribution in [1.82, 2.24) is 0 Å². The summed E-state index contributed by atoms with van der Waals surface area (Å²) in [5.41, 5.74) is 0. The summed E-state index contributed by atoms with van der Waals surface area (Å²) in [5.74, 6) is 0. The molecule has 0 aromatic rings. The minimum absolute atomic E-state index is 0.442. The molecule has 0 aromatic heterocycles. The fourth-order valence-corrected chi connectivity index (χ4v) is 5.65. The van der Waals surface area contributed by atoms with Gasteiger partial charge in [0.2, 0.25) is 0 Å². The quantitative estimate of drug-likeness (QED) is 0.460. The third-order valence-electron chi connectivity index (χ3n) is 2.04. The Hall–Kier alpha value is 0.183. The Balaban J connectivity index is 3.96. The molecule has 0 radical (unpaired) electrons. The van der Waals surface area contributed by atoms with E-state index in [1.165, 1.54) is 0 Å². The van der Waals surface area contributed by atoms with Crippen LogP contribution in [0, 0.1) is 0 Å². The molecule has 4 nitrogen and oxygen atoms in total. The zero-order valence-corrected chi connectivity index (χ0v) is 12.9. The van der Waals surface area contributed by atoms with Crippen LogP contribution < -0.4 is 0 Å².